The first-order chi connectivity index (χ1) is 14.4. The number of nitrogens with two attached hydrogens (primary N) is 2. The number of aryl methyl sites for hydroxylation is 1. The summed E-state index contributed by atoms with van der Waals surface area (Å²) >= 11 is 0. The third-order valence-electron chi connectivity index (χ3n) is 4.42. The first-order valence-corrected chi connectivity index (χ1v) is 9.71. The maximum absolute atomic E-state index is 13.4. The van der Waals surface area contributed by atoms with E-state index in [1.165, 1.54) is 18.5 Å². The van der Waals surface area contributed by atoms with Crippen LogP contribution in [0.5, 0.6) is 0 Å². The van der Waals surface area contributed by atoms with Crippen LogP contribution in [0.3, 0.4) is 0 Å². The van der Waals surface area contributed by atoms with Crippen molar-refractivity contribution in [2.45, 2.75) is 13.3 Å². The van der Waals surface area contributed by atoms with Crippen molar-refractivity contribution in [3.05, 3.63) is 71.8 Å². The lowest BCUT2D eigenvalue weighted by atomic mass is 10.0. The summed E-state index contributed by atoms with van der Waals surface area (Å²) in [7, 11) is 2.68. The van der Waals surface area contributed by atoms with Crippen molar-refractivity contribution in [3.63, 3.8) is 0 Å². The molecule has 0 radical (unpaired) electrons. The monoisotopic (exact) mass is 418 g/mol. The van der Waals surface area contributed by atoms with Gasteiger partial charge in [0.15, 0.2) is 0 Å². The number of nitriles is 1. The second kappa shape index (κ2) is 9.25. The van der Waals surface area contributed by atoms with Crippen molar-refractivity contribution in [3.8, 4) is 17.3 Å². The zero-order valence-electron chi connectivity index (χ0n) is 16.3. The number of hydrogen-bond acceptors (Lipinski definition) is 6. The topological polar surface area (TPSA) is 114 Å². The third-order valence-corrected chi connectivity index (χ3v) is 4.78. The summed E-state index contributed by atoms with van der Waals surface area (Å²) in [5.41, 5.74) is 14.5. The van der Waals surface area contributed by atoms with Gasteiger partial charge in [-0.2, -0.15) is 5.26 Å². The van der Waals surface area contributed by atoms with Gasteiger partial charge in [0.1, 0.15) is 35.4 Å². The lowest BCUT2D eigenvalue weighted by Crippen LogP contribution is -2.01. The van der Waals surface area contributed by atoms with Gasteiger partial charge in [-0.05, 0) is 41.6 Å². The van der Waals surface area contributed by atoms with Crippen LogP contribution in [0, 0.1) is 17.1 Å². The fourth-order valence-electron chi connectivity index (χ4n) is 2.91. The second-order valence-corrected chi connectivity index (χ2v) is 7.11. The molecule has 0 bridgehead atoms. The second-order valence-electron chi connectivity index (χ2n) is 6.44. The van der Waals surface area contributed by atoms with Crippen LogP contribution >= 0.6 is 9.24 Å². The number of fused-ring (bicyclic) bond motifs is 1. The number of aromatic nitrogens is 3. The van der Waals surface area contributed by atoms with Gasteiger partial charge in [0.2, 0.25) is 0 Å². The van der Waals surface area contributed by atoms with E-state index < -0.39 is 0 Å². The van der Waals surface area contributed by atoms with Gasteiger partial charge >= 0.3 is 0 Å². The Labute approximate surface area is 176 Å². The average molecular weight is 418 g/mol. The highest BCUT2D eigenvalue weighted by molar-refractivity contribution is 7.27. The lowest BCUT2D eigenvalue weighted by molar-refractivity contribution is 0.628. The summed E-state index contributed by atoms with van der Waals surface area (Å²) in [6.07, 6.45) is 2.09. The highest BCUT2D eigenvalue weighted by Crippen LogP contribution is 2.26. The third kappa shape index (κ3) is 4.68. The van der Waals surface area contributed by atoms with Crippen molar-refractivity contribution < 1.29 is 4.39 Å². The van der Waals surface area contributed by atoms with E-state index in [-0.39, 0.29) is 23.0 Å². The van der Waals surface area contributed by atoms with Crippen molar-refractivity contribution >= 4 is 37.1 Å². The molecule has 8 heteroatoms. The first-order valence-electron chi connectivity index (χ1n) is 9.14. The molecule has 4 aromatic rings. The summed E-state index contributed by atoms with van der Waals surface area (Å²) in [6, 6.07) is 16.7. The van der Waals surface area contributed by atoms with Gasteiger partial charge in [-0.3, -0.25) is 0 Å². The predicted molar refractivity (Wildman–Crippen MR) is 121 cm³/mol. The predicted octanol–water partition coefficient (Wildman–Crippen LogP) is 3.62. The number of halogens is 1. The number of hydrogen-bond donors (Lipinski definition) is 2. The Bertz CT molecular complexity index is 1230. The van der Waals surface area contributed by atoms with Gasteiger partial charge in [-0.25, -0.2) is 19.3 Å². The first kappa shape index (κ1) is 21.1. The Morgan fingerprint density at radius 1 is 1.07 bits per heavy atom. The molecular weight excluding hydrogens is 398 g/mol. The fourth-order valence-corrected chi connectivity index (χ4v) is 3.17. The molecule has 0 saturated heterocycles. The molecule has 6 nitrogen and oxygen atoms in total. The number of nitrogen functional groups attached to an aromatic ring is 2. The van der Waals surface area contributed by atoms with Crippen LogP contribution in [-0.2, 0) is 6.42 Å². The summed E-state index contributed by atoms with van der Waals surface area (Å²) in [4.78, 5) is 11.9. The number of nitrogens with zero attached hydrogens (tertiary/aromatic N) is 4. The zero-order valence-corrected chi connectivity index (χ0v) is 17.5. The Morgan fingerprint density at radius 2 is 1.80 bits per heavy atom. The highest BCUT2D eigenvalue weighted by Gasteiger charge is 2.09. The molecular formula is C22H20FN6P. The molecule has 0 spiro atoms. The molecule has 1 atom stereocenters. The smallest absolute Gasteiger partial charge is 0.146 e. The minimum Gasteiger partial charge on any atom is -0.382 e. The Kier molecular flexibility index (Phi) is 6.51. The maximum atomic E-state index is 13.4. The minimum atomic E-state index is -0.230. The Balaban J connectivity index is 0.000000216. The van der Waals surface area contributed by atoms with Crippen LogP contribution in [0.4, 0.5) is 16.0 Å². The largest absolute Gasteiger partial charge is 0.382 e. The molecule has 1 unspecified atom stereocenters. The molecule has 0 fully saturated rings. The van der Waals surface area contributed by atoms with E-state index in [2.05, 4.69) is 44.3 Å². The van der Waals surface area contributed by atoms with Crippen LogP contribution in [-0.4, -0.2) is 15.0 Å². The van der Waals surface area contributed by atoms with Crippen LogP contribution in [0.1, 0.15) is 18.1 Å². The number of benzene rings is 2. The van der Waals surface area contributed by atoms with E-state index >= 15 is 0 Å². The lowest BCUT2D eigenvalue weighted by Gasteiger charge is -2.10. The van der Waals surface area contributed by atoms with Gasteiger partial charge in [-0.15, -0.1) is 9.24 Å². The molecule has 2 heterocycles. The summed E-state index contributed by atoms with van der Waals surface area (Å²) in [6.45, 7) is 2.09. The van der Waals surface area contributed by atoms with Gasteiger partial charge in [0.25, 0.3) is 0 Å². The van der Waals surface area contributed by atoms with Crippen LogP contribution < -0.4 is 16.8 Å². The van der Waals surface area contributed by atoms with Crippen LogP contribution in [0.25, 0.3) is 22.2 Å². The van der Waals surface area contributed by atoms with Crippen LogP contribution in [0.15, 0.2) is 54.9 Å². The standard InChI is InChI=1S/C17H15FNP.C5H5N5/c1-2-11-8-12-6-7-15(20)10-16(12)19-17(11)13-4-3-5-14(18)9-13;6-1-3-4(7)9-2-10-5(3)8/h3-10H,2,20H2,1H3;2H,(H4,7,8,9,10). The molecule has 150 valence electrons. The molecule has 0 saturated carbocycles. The molecule has 0 aliphatic heterocycles. The number of pyridine rings is 1. The molecule has 0 aliphatic rings. The minimum absolute atomic E-state index is 0.120. The van der Waals surface area contributed by atoms with Crippen molar-refractivity contribution in [1.82, 2.24) is 15.0 Å². The molecule has 30 heavy (non-hydrogen) atoms. The van der Waals surface area contributed by atoms with Crippen molar-refractivity contribution in [2.24, 2.45) is 0 Å². The van der Waals surface area contributed by atoms with Crippen LogP contribution in [0.2, 0.25) is 0 Å². The van der Waals surface area contributed by atoms with Gasteiger partial charge in [0.05, 0.1) is 11.2 Å². The number of rotatable bonds is 2. The molecule has 2 aromatic heterocycles. The average Bonchev–Trinajstić information content (AvgIpc) is 2.73. The summed E-state index contributed by atoms with van der Waals surface area (Å²) in [5.74, 6) is 0.0104. The summed E-state index contributed by atoms with van der Waals surface area (Å²) < 4.78 is 13.4. The van der Waals surface area contributed by atoms with Gasteiger partial charge in [-0.1, -0.05) is 31.2 Å². The van der Waals surface area contributed by atoms with Crippen molar-refractivity contribution in [1.29, 1.82) is 5.26 Å². The van der Waals surface area contributed by atoms with E-state index in [1.54, 1.807) is 12.1 Å². The van der Waals surface area contributed by atoms with E-state index in [0.717, 1.165) is 39.4 Å². The normalized spacial score (nSPS) is 10.2. The Morgan fingerprint density at radius 3 is 2.40 bits per heavy atom. The van der Waals surface area contributed by atoms with E-state index in [9.17, 15) is 4.39 Å². The maximum Gasteiger partial charge on any atom is 0.146 e. The SMILES string of the molecule is CCc1cc2ccc(P)cc2nc1-c1cccc(F)c1.N#Cc1c(N)ncnc1N. The van der Waals surface area contributed by atoms with Crippen molar-refractivity contribution in [2.75, 3.05) is 11.5 Å². The Hall–Kier alpha value is -3.62. The van der Waals surface area contributed by atoms with E-state index in [4.69, 9.17) is 21.7 Å². The van der Waals surface area contributed by atoms with Gasteiger partial charge in [0, 0.05) is 10.9 Å². The highest BCUT2D eigenvalue weighted by atomic mass is 31.0. The molecule has 0 amide bonds. The zero-order chi connectivity index (χ0) is 21.7. The quantitative estimate of drug-likeness (QED) is 0.481. The van der Waals surface area contributed by atoms with Gasteiger partial charge < -0.3 is 11.5 Å². The molecule has 4 N–H and O–H groups in total. The van der Waals surface area contributed by atoms with E-state index in [1.807, 2.05) is 12.1 Å². The molecule has 4 rings (SSSR count). The fraction of sp³-hybridized carbons (Fsp3) is 0.0909. The molecule has 2 aromatic carbocycles. The number of anilines is 2. The van der Waals surface area contributed by atoms with E-state index in [0.29, 0.717) is 0 Å². The molecule has 0 aliphatic carbocycles. The summed E-state index contributed by atoms with van der Waals surface area (Å²) in [5, 5.41) is 10.6.